The van der Waals surface area contributed by atoms with Crippen molar-refractivity contribution in [2.45, 2.75) is 34.1 Å². The Bertz CT molecular complexity index is 545. The SMILES string of the molecule is CCc1ccc2nc(C(C)=C(C)C)sc2c1. The molecule has 0 bridgehead atoms. The summed E-state index contributed by atoms with van der Waals surface area (Å²) in [6.07, 6.45) is 1.09. The Labute approximate surface area is 101 Å². The van der Waals surface area contributed by atoms with Crippen LogP contribution in [0.4, 0.5) is 0 Å². The van der Waals surface area contributed by atoms with Gasteiger partial charge in [-0.1, -0.05) is 18.6 Å². The highest BCUT2D eigenvalue weighted by atomic mass is 32.1. The largest absolute Gasteiger partial charge is 0.236 e. The summed E-state index contributed by atoms with van der Waals surface area (Å²) >= 11 is 1.79. The van der Waals surface area contributed by atoms with Crippen molar-refractivity contribution in [2.24, 2.45) is 0 Å². The van der Waals surface area contributed by atoms with Crippen molar-refractivity contribution >= 4 is 27.1 Å². The first-order chi connectivity index (χ1) is 7.61. The molecule has 1 aromatic carbocycles. The zero-order chi connectivity index (χ0) is 11.7. The lowest BCUT2D eigenvalue weighted by molar-refractivity contribution is 1.15. The predicted molar refractivity (Wildman–Crippen MR) is 72.9 cm³/mol. The fourth-order valence-corrected chi connectivity index (χ4v) is 2.70. The second-order valence-corrected chi connectivity index (χ2v) is 5.33. The first-order valence-electron chi connectivity index (χ1n) is 5.65. The van der Waals surface area contributed by atoms with Crippen molar-refractivity contribution in [1.29, 1.82) is 0 Å². The number of hydrogen-bond acceptors (Lipinski definition) is 2. The highest BCUT2D eigenvalue weighted by molar-refractivity contribution is 7.19. The Morgan fingerprint density at radius 2 is 2.00 bits per heavy atom. The van der Waals surface area contributed by atoms with Gasteiger partial charge in [-0.3, -0.25) is 0 Å². The average molecular weight is 231 g/mol. The smallest absolute Gasteiger partial charge is 0.120 e. The lowest BCUT2D eigenvalue weighted by Gasteiger charge is -1.96. The van der Waals surface area contributed by atoms with E-state index in [-0.39, 0.29) is 0 Å². The van der Waals surface area contributed by atoms with Gasteiger partial charge in [0.2, 0.25) is 0 Å². The second kappa shape index (κ2) is 4.38. The zero-order valence-corrected chi connectivity index (χ0v) is 11.1. The van der Waals surface area contributed by atoms with Crippen LogP contribution in [0, 0.1) is 0 Å². The molecule has 0 N–H and O–H groups in total. The molecule has 0 spiro atoms. The van der Waals surface area contributed by atoms with Gasteiger partial charge in [-0.05, 0) is 50.5 Å². The van der Waals surface area contributed by atoms with Crippen LogP contribution in [0.2, 0.25) is 0 Å². The van der Waals surface area contributed by atoms with Crippen molar-refractivity contribution in [3.63, 3.8) is 0 Å². The zero-order valence-electron chi connectivity index (χ0n) is 10.3. The summed E-state index contributed by atoms with van der Waals surface area (Å²) in [6, 6.07) is 6.56. The van der Waals surface area contributed by atoms with E-state index < -0.39 is 0 Å². The Balaban J connectivity index is 2.56. The van der Waals surface area contributed by atoms with E-state index in [1.54, 1.807) is 11.3 Å². The average Bonchev–Trinajstić information content (AvgIpc) is 2.69. The number of allylic oxidation sites excluding steroid dienone is 2. The molecule has 0 aliphatic heterocycles. The molecule has 0 atom stereocenters. The van der Waals surface area contributed by atoms with Crippen LogP contribution in [0.3, 0.4) is 0 Å². The molecule has 0 saturated carbocycles. The minimum atomic E-state index is 1.09. The summed E-state index contributed by atoms with van der Waals surface area (Å²) in [6.45, 7) is 8.61. The van der Waals surface area contributed by atoms with Gasteiger partial charge in [-0.15, -0.1) is 11.3 Å². The maximum atomic E-state index is 4.67. The van der Waals surface area contributed by atoms with Gasteiger partial charge in [0, 0.05) is 0 Å². The second-order valence-electron chi connectivity index (χ2n) is 4.30. The van der Waals surface area contributed by atoms with Crippen molar-refractivity contribution in [3.8, 4) is 0 Å². The normalized spacial score (nSPS) is 10.8. The number of hydrogen-bond donors (Lipinski definition) is 0. The van der Waals surface area contributed by atoms with E-state index in [1.165, 1.54) is 21.4 Å². The molecule has 1 nitrogen and oxygen atoms in total. The van der Waals surface area contributed by atoms with Gasteiger partial charge in [0.25, 0.3) is 0 Å². The molecular formula is C14H17NS. The van der Waals surface area contributed by atoms with E-state index in [1.807, 2.05) is 0 Å². The summed E-state index contributed by atoms with van der Waals surface area (Å²) in [7, 11) is 0. The maximum absolute atomic E-state index is 4.67. The van der Waals surface area contributed by atoms with Crippen molar-refractivity contribution < 1.29 is 0 Å². The molecule has 1 aromatic heterocycles. The third-order valence-electron chi connectivity index (χ3n) is 2.93. The quantitative estimate of drug-likeness (QED) is 0.731. The number of fused-ring (bicyclic) bond motifs is 1. The topological polar surface area (TPSA) is 12.9 Å². The number of thiazole rings is 1. The first kappa shape index (κ1) is 11.3. The van der Waals surface area contributed by atoms with Gasteiger partial charge in [-0.2, -0.15) is 0 Å². The summed E-state index contributed by atoms with van der Waals surface area (Å²) in [5.41, 5.74) is 5.16. The van der Waals surface area contributed by atoms with Crippen LogP contribution >= 0.6 is 11.3 Å². The predicted octanol–water partition coefficient (Wildman–Crippen LogP) is 4.67. The lowest BCUT2D eigenvalue weighted by Crippen LogP contribution is -1.80. The van der Waals surface area contributed by atoms with Crippen molar-refractivity contribution in [3.05, 3.63) is 34.3 Å². The molecule has 0 fully saturated rings. The van der Waals surface area contributed by atoms with E-state index in [0.29, 0.717) is 0 Å². The molecule has 0 amide bonds. The fourth-order valence-electron chi connectivity index (χ4n) is 1.56. The standard InChI is InChI=1S/C14H17NS/c1-5-11-6-7-12-13(8-11)16-14(15-12)10(4)9(2)3/h6-8H,5H2,1-4H3. The van der Waals surface area contributed by atoms with Gasteiger partial charge in [0.1, 0.15) is 5.01 Å². The van der Waals surface area contributed by atoms with Crippen molar-refractivity contribution in [2.75, 3.05) is 0 Å². The van der Waals surface area contributed by atoms with Gasteiger partial charge < -0.3 is 0 Å². The molecule has 0 aliphatic rings. The van der Waals surface area contributed by atoms with Gasteiger partial charge in [0.15, 0.2) is 0 Å². The summed E-state index contributed by atoms with van der Waals surface area (Å²) in [4.78, 5) is 4.67. The third-order valence-corrected chi connectivity index (χ3v) is 4.07. The first-order valence-corrected chi connectivity index (χ1v) is 6.47. The number of rotatable bonds is 2. The van der Waals surface area contributed by atoms with Crippen LogP contribution in [-0.4, -0.2) is 4.98 Å². The highest BCUT2D eigenvalue weighted by Gasteiger charge is 2.06. The fraction of sp³-hybridized carbons (Fsp3) is 0.357. The number of benzene rings is 1. The molecule has 0 radical (unpaired) electrons. The van der Waals surface area contributed by atoms with Crippen LogP contribution in [0.15, 0.2) is 23.8 Å². The minimum absolute atomic E-state index is 1.09. The number of nitrogens with zero attached hydrogens (tertiary/aromatic N) is 1. The van der Waals surface area contributed by atoms with Gasteiger partial charge in [-0.25, -0.2) is 4.98 Å². The Morgan fingerprint density at radius 3 is 2.62 bits per heavy atom. The molecule has 0 aliphatic carbocycles. The van der Waals surface area contributed by atoms with Crippen LogP contribution < -0.4 is 0 Å². The summed E-state index contributed by atoms with van der Waals surface area (Å²) < 4.78 is 1.30. The number of aryl methyl sites for hydroxylation is 1. The van der Waals surface area contributed by atoms with Gasteiger partial charge in [0.05, 0.1) is 10.2 Å². The monoisotopic (exact) mass is 231 g/mol. The lowest BCUT2D eigenvalue weighted by atomic mass is 10.1. The molecule has 0 saturated heterocycles. The Kier molecular flexibility index (Phi) is 3.10. The highest BCUT2D eigenvalue weighted by Crippen LogP contribution is 2.29. The maximum Gasteiger partial charge on any atom is 0.120 e. The van der Waals surface area contributed by atoms with Crippen LogP contribution in [0.25, 0.3) is 15.8 Å². The molecule has 2 aromatic rings. The van der Waals surface area contributed by atoms with Gasteiger partial charge >= 0.3 is 0 Å². The van der Waals surface area contributed by atoms with E-state index in [2.05, 4.69) is 50.9 Å². The van der Waals surface area contributed by atoms with Crippen LogP contribution in [0.1, 0.15) is 38.3 Å². The Hall–Kier alpha value is -1.15. The van der Waals surface area contributed by atoms with E-state index in [9.17, 15) is 0 Å². The van der Waals surface area contributed by atoms with E-state index in [0.717, 1.165) is 16.9 Å². The molecule has 16 heavy (non-hydrogen) atoms. The molecular weight excluding hydrogens is 214 g/mol. The number of aromatic nitrogens is 1. The molecule has 84 valence electrons. The molecule has 2 rings (SSSR count). The van der Waals surface area contributed by atoms with E-state index in [4.69, 9.17) is 0 Å². The Morgan fingerprint density at radius 1 is 1.25 bits per heavy atom. The van der Waals surface area contributed by atoms with Crippen molar-refractivity contribution in [1.82, 2.24) is 4.98 Å². The summed E-state index contributed by atoms with van der Waals surface area (Å²) in [5, 5.41) is 1.16. The van der Waals surface area contributed by atoms with Crippen LogP contribution in [0.5, 0.6) is 0 Å². The molecule has 2 heteroatoms. The minimum Gasteiger partial charge on any atom is -0.236 e. The molecule has 0 unspecified atom stereocenters. The molecule has 1 heterocycles. The third kappa shape index (κ3) is 2.03. The van der Waals surface area contributed by atoms with Crippen LogP contribution in [-0.2, 0) is 6.42 Å². The van der Waals surface area contributed by atoms with E-state index >= 15 is 0 Å². The summed E-state index contributed by atoms with van der Waals surface area (Å²) in [5.74, 6) is 0.